The van der Waals surface area contributed by atoms with E-state index in [1.807, 2.05) is 25.1 Å². The number of methoxy groups -OCH3 is 1. The van der Waals surface area contributed by atoms with Gasteiger partial charge in [0.2, 0.25) is 0 Å². The van der Waals surface area contributed by atoms with Crippen LogP contribution in [0.3, 0.4) is 0 Å². The van der Waals surface area contributed by atoms with Gasteiger partial charge in [-0.15, -0.1) is 0 Å². The number of ether oxygens (including phenoxy) is 2. The summed E-state index contributed by atoms with van der Waals surface area (Å²) in [6, 6.07) is 5.68. The Labute approximate surface area is 109 Å². The molecule has 1 aromatic rings. The zero-order valence-corrected chi connectivity index (χ0v) is 11.5. The number of hydrogen-bond acceptors (Lipinski definition) is 4. The number of hydrogen-bond donors (Lipinski definition) is 1. The molecule has 0 spiro atoms. The highest BCUT2D eigenvalue weighted by molar-refractivity contribution is 9.10. The maximum absolute atomic E-state index is 11.0. The van der Waals surface area contributed by atoms with E-state index >= 15 is 0 Å². The Balaban J connectivity index is 2.71. The van der Waals surface area contributed by atoms with Gasteiger partial charge in [-0.2, -0.15) is 0 Å². The summed E-state index contributed by atoms with van der Waals surface area (Å²) < 4.78 is 10.9. The second-order valence-electron chi connectivity index (χ2n) is 3.40. The highest BCUT2D eigenvalue weighted by Gasteiger charge is 2.07. The van der Waals surface area contributed by atoms with Crippen LogP contribution in [0.1, 0.15) is 12.5 Å². The molecule has 4 nitrogen and oxygen atoms in total. The zero-order chi connectivity index (χ0) is 12.7. The molecular weight excluding hydrogens is 286 g/mol. The average Bonchev–Trinajstić information content (AvgIpc) is 2.34. The molecule has 0 heterocycles. The average molecular weight is 302 g/mol. The van der Waals surface area contributed by atoms with Crippen molar-refractivity contribution in [1.82, 2.24) is 5.32 Å². The van der Waals surface area contributed by atoms with Crippen molar-refractivity contribution in [2.75, 3.05) is 20.3 Å². The first-order valence-electron chi connectivity index (χ1n) is 5.36. The van der Waals surface area contributed by atoms with Gasteiger partial charge in [0.05, 0.1) is 7.11 Å². The van der Waals surface area contributed by atoms with Crippen molar-refractivity contribution in [1.29, 1.82) is 0 Å². The van der Waals surface area contributed by atoms with Crippen LogP contribution < -0.4 is 10.1 Å². The van der Waals surface area contributed by atoms with Gasteiger partial charge in [-0.25, -0.2) is 4.79 Å². The van der Waals surface area contributed by atoms with E-state index < -0.39 is 0 Å². The van der Waals surface area contributed by atoms with Crippen molar-refractivity contribution in [3.05, 3.63) is 28.2 Å². The first-order valence-corrected chi connectivity index (χ1v) is 6.15. The molecule has 1 rings (SSSR count). The smallest absolute Gasteiger partial charge is 0.343 e. The highest BCUT2D eigenvalue weighted by Crippen LogP contribution is 2.23. The van der Waals surface area contributed by atoms with E-state index in [-0.39, 0.29) is 12.6 Å². The molecule has 5 heteroatoms. The number of benzene rings is 1. The topological polar surface area (TPSA) is 47.6 Å². The van der Waals surface area contributed by atoms with Crippen LogP contribution in [0, 0.1) is 0 Å². The summed E-state index contributed by atoms with van der Waals surface area (Å²) in [6.07, 6.45) is 0. The molecule has 0 aliphatic heterocycles. The van der Waals surface area contributed by atoms with E-state index in [1.54, 1.807) is 0 Å². The number of rotatable bonds is 6. The molecule has 0 aliphatic rings. The summed E-state index contributed by atoms with van der Waals surface area (Å²) >= 11 is 3.41. The van der Waals surface area contributed by atoms with Crippen LogP contribution in [0.4, 0.5) is 0 Å². The lowest BCUT2D eigenvalue weighted by Crippen LogP contribution is -2.16. The fourth-order valence-corrected chi connectivity index (χ4v) is 1.69. The van der Waals surface area contributed by atoms with Crippen LogP contribution in [-0.2, 0) is 16.1 Å². The van der Waals surface area contributed by atoms with Gasteiger partial charge in [0.15, 0.2) is 6.61 Å². The third kappa shape index (κ3) is 4.75. The van der Waals surface area contributed by atoms with E-state index in [2.05, 4.69) is 26.0 Å². The van der Waals surface area contributed by atoms with E-state index in [0.717, 1.165) is 16.6 Å². The van der Waals surface area contributed by atoms with Gasteiger partial charge in [-0.3, -0.25) is 0 Å². The number of nitrogens with one attached hydrogen (secondary N) is 1. The zero-order valence-electron chi connectivity index (χ0n) is 9.96. The summed E-state index contributed by atoms with van der Waals surface area (Å²) in [5, 5.41) is 3.22. The Morgan fingerprint density at radius 2 is 2.24 bits per heavy atom. The number of carbonyl (C=O) groups excluding carboxylic acids is 1. The molecular formula is C12H16BrNO3. The van der Waals surface area contributed by atoms with Gasteiger partial charge in [-0.05, 0) is 24.7 Å². The van der Waals surface area contributed by atoms with E-state index in [1.165, 1.54) is 7.11 Å². The van der Waals surface area contributed by atoms with Crippen LogP contribution in [0.25, 0.3) is 0 Å². The fourth-order valence-electron chi connectivity index (χ4n) is 1.28. The van der Waals surface area contributed by atoms with Crippen LogP contribution in [0.5, 0.6) is 5.75 Å². The Bertz CT molecular complexity index is 382. The first-order chi connectivity index (χ1) is 8.17. The largest absolute Gasteiger partial charge is 0.482 e. The van der Waals surface area contributed by atoms with E-state index in [0.29, 0.717) is 12.3 Å². The van der Waals surface area contributed by atoms with Crippen LogP contribution in [0.15, 0.2) is 22.7 Å². The summed E-state index contributed by atoms with van der Waals surface area (Å²) in [5.74, 6) is 0.307. The molecule has 0 aliphatic carbocycles. The normalized spacial score (nSPS) is 10.1. The van der Waals surface area contributed by atoms with Gasteiger partial charge in [0.1, 0.15) is 5.75 Å². The minimum Gasteiger partial charge on any atom is -0.482 e. The molecule has 0 aromatic heterocycles. The van der Waals surface area contributed by atoms with Gasteiger partial charge >= 0.3 is 5.97 Å². The number of esters is 1. The SMILES string of the molecule is CCNCc1cc(Br)ccc1OCC(=O)OC. The van der Waals surface area contributed by atoms with Crippen molar-refractivity contribution in [3.8, 4) is 5.75 Å². The molecule has 0 saturated heterocycles. The third-order valence-electron chi connectivity index (χ3n) is 2.16. The Morgan fingerprint density at radius 1 is 1.47 bits per heavy atom. The molecule has 1 aromatic carbocycles. The Kier molecular flexibility index (Phi) is 6.00. The minimum absolute atomic E-state index is 0.0722. The summed E-state index contributed by atoms with van der Waals surface area (Å²) in [5.41, 5.74) is 1.00. The van der Waals surface area contributed by atoms with Crippen molar-refractivity contribution in [2.45, 2.75) is 13.5 Å². The molecule has 0 saturated carbocycles. The molecule has 0 radical (unpaired) electrons. The second kappa shape index (κ2) is 7.29. The van der Waals surface area contributed by atoms with Crippen molar-refractivity contribution in [2.24, 2.45) is 0 Å². The Hall–Kier alpha value is -1.07. The van der Waals surface area contributed by atoms with Gasteiger partial charge in [0, 0.05) is 16.6 Å². The molecule has 0 atom stereocenters. The number of carbonyl (C=O) groups is 1. The van der Waals surface area contributed by atoms with E-state index in [9.17, 15) is 4.79 Å². The molecule has 17 heavy (non-hydrogen) atoms. The summed E-state index contributed by atoms with van der Waals surface area (Å²) in [4.78, 5) is 11.0. The molecule has 0 amide bonds. The predicted molar refractivity (Wildman–Crippen MR) is 69.0 cm³/mol. The fraction of sp³-hybridized carbons (Fsp3) is 0.417. The summed E-state index contributed by atoms with van der Waals surface area (Å²) in [6.45, 7) is 3.54. The van der Waals surface area contributed by atoms with Crippen LogP contribution in [0.2, 0.25) is 0 Å². The molecule has 1 N–H and O–H groups in total. The number of halogens is 1. The maximum atomic E-state index is 11.0. The van der Waals surface area contributed by atoms with Crippen LogP contribution >= 0.6 is 15.9 Å². The predicted octanol–water partition coefficient (Wildman–Crippen LogP) is 2.11. The van der Waals surface area contributed by atoms with Crippen molar-refractivity contribution in [3.63, 3.8) is 0 Å². The summed E-state index contributed by atoms with van der Waals surface area (Å²) in [7, 11) is 1.34. The first kappa shape index (κ1) is 14.0. The maximum Gasteiger partial charge on any atom is 0.343 e. The minimum atomic E-state index is -0.387. The molecule has 0 unspecified atom stereocenters. The second-order valence-corrected chi connectivity index (χ2v) is 4.31. The van der Waals surface area contributed by atoms with Gasteiger partial charge in [-0.1, -0.05) is 22.9 Å². The highest BCUT2D eigenvalue weighted by atomic mass is 79.9. The lowest BCUT2D eigenvalue weighted by molar-refractivity contribution is -0.142. The van der Waals surface area contributed by atoms with E-state index in [4.69, 9.17) is 4.74 Å². The van der Waals surface area contributed by atoms with Crippen LogP contribution in [-0.4, -0.2) is 26.2 Å². The Morgan fingerprint density at radius 3 is 2.88 bits per heavy atom. The molecule has 0 fully saturated rings. The monoisotopic (exact) mass is 301 g/mol. The van der Waals surface area contributed by atoms with Gasteiger partial charge in [0.25, 0.3) is 0 Å². The third-order valence-corrected chi connectivity index (χ3v) is 2.65. The molecule has 0 bridgehead atoms. The quantitative estimate of drug-likeness (QED) is 0.818. The molecule has 94 valence electrons. The van der Waals surface area contributed by atoms with Crippen molar-refractivity contribution >= 4 is 21.9 Å². The lowest BCUT2D eigenvalue weighted by atomic mass is 10.2. The lowest BCUT2D eigenvalue weighted by Gasteiger charge is -2.11. The standard InChI is InChI=1S/C12H16BrNO3/c1-3-14-7-9-6-10(13)4-5-11(9)17-8-12(15)16-2/h4-6,14H,3,7-8H2,1-2H3. The van der Waals surface area contributed by atoms with Crippen molar-refractivity contribution < 1.29 is 14.3 Å². The van der Waals surface area contributed by atoms with Gasteiger partial charge < -0.3 is 14.8 Å².